The number of hydrogen-bond acceptors (Lipinski definition) is 6. The molecular formula is C38H60N2O6. The van der Waals surface area contributed by atoms with Gasteiger partial charge >= 0.3 is 12.2 Å². The molecule has 3 heterocycles. The number of alkyl carbamates (subject to hydrolysis) is 1. The van der Waals surface area contributed by atoms with Gasteiger partial charge in [0.2, 0.25) is 0 Å². The van der Waals surface area contributed by atoms with E-state index in [-0.39, 0.29) is 54.0 Å². The molecular weight excluding hydrogens is 580 g/mol. The maximum Gasteiger partial charge on any atom is 0.410 e. The third kappa shape index (κ3) is 4.71. The highest BCUT2D eigenvalue weighted by Gasteiger charge is 2.81. The number of carbonyl (C=O) groups excluding carboxylic acids is 2. The summed E-state index contributed by atoms with van der Waals surface area (Å²) in [5.74, 6) is 2.98. The van der Waals surface area contributed by atoms with E-state index < -0.39 is 0 Å². The lowest BCUT2D eigenvalue weighted by molar-refractivity contribution is -0.151. The molecule has 7 unspecified atom stereocenters. The van der Waals surface area contributed by atoms with Crippen LogP contribution in [0.2, 0.25) is 0 Å². The van der Waals surface area contributed by atoms with Gasteiger partial charge < -0.3 is 29.2 Å². The van der Waals surface area contributed by atoms with Gasteiger partial charge in [-0.2, -0.15) is 0 Å². The summed E-state index contributed by atoms with van der Waals surface area (Å²) >= 11 is 0. The Morgan fingerprint density at radius 1 is 0.870 bits per heavy atom. The van der Waals surface area contributed by atoms with E-state index in [1.165, 1.54) is 51.4 Å². The second-order valence-electron chi connectivity index (χ2n) is 18.2. The fraction of sp³-hybridized carbons (Fsp3) is 0.947. The Hall–Kier alpha value is -1.54. The van der Waals surface area contributed by atoms with Crippen molar-refractivity contribution >= 4 is 12.2 Å². The number of ether oxygens (including phenoxy) is 4. The van der Waals surface area contributed by atoms with E-state index in [9.17, 15) is 9.59 Å². The molecule has 8 rings (SSSR count). The van der Waals surface area contributed by atoms with Crippen molar-refractivity contribution in [1.82, 2.24) is 10.2 Å². The van der Waals surface area contributed by atoms with Gasteiger partial charge in [-0.3, -0.25) is 0 Å². The zero-order valence-electron chi connectivity index (χ0n) is 29.2. The Balaban J connectivity index is 0.944. The minimum absolute atomic E-state index is 0.00640. The van der Waals surface area contributed by atoms with Gasteiger partial charge in [-0.05, 0) is 129 Å². The first kappa shape index (κ1) is 31.7. The van der Waals surface area contributed by atoms with Crippen molar-refractivity contribution in [2.24, 2.45) is 51.2 Å². The standard InChI is InChI=1S/C38H60N2O6/c1-23(2)32(46-34(42)40-17-6-18-40)28-9-7-26-29(44-28)21-27-25-8-10-30-35(3,4)31(45-33(41)39-24-12-19-43-20-13-24)11-14-38(30)22-37(25,38)16-15-36(26,27)5/h23-32H,6-22H2,1-5H3,(H,39,41)/t25?,26?,27?,28?,29?,30?,31-,32+,36?,37-,38+/m0/s1. The summed E-state index contributed by atoms with van der Waals surface area (Å²) in [5.41, 5.74) is 1.22. The maximum atomic E-state index is 13.0. The van der Waals surface area contributed by atoms with E-state index in [0.29, 0.717) is 41.3 Å². The van der Waals surface area contributed by atoms with Crippen LogP contribution in [0.25, 0.3) is 0 Å². The van der Waals surface area contributed by atoms with Crippen LogP contribution in [0.5, 0.6) is 0 Å². The smallest absolute Gasteiger partial charge is 0.410 e. The first-order chi connectivity index (χ1) is 22.0. The van der Waals surface area contributed by atoms with E-state index in [1.54, 1.807) is 0 Å². The molecule has 0 bridgehead atoms. The van der Waals surface area contributed by atoms with E-state index >= 15 is 0 Å². The second kappa shape index (κ2) is 11.2. The maximum absolute atomic E-state index is 13.0. The van der Waals surface area contributed by atoms with E-state index in [1.807, 2.05) is 4.90 Å². The quantitative estimate of drug-likeness (QED) is 0.339. The largest absolute Gasteiger partial charge is 0.446 e. The number of hydrogen-bond donors (Lipinski definition) is 1. The SMILES string of the molecule is CC(C)[C@@H](OC(=O)N1CCC1)C1CCC2C(CC3C4CCC5C(C)(C)[C@@H](OC(=O)NC6CCOCC6)CC[C@@]56C[C@@]46CCC23C)O1. The van der Waals surface area contributed by atoms with Crippen molar-refractivity contribution in [3.05, 3.63) is 0 Å². The molecule has 8 nitrogen and oxygen atoms in total. The van der Waals surface area contributed by atoms with Crippen LogP contribution in [-0.2, 0) is 18.9 Å². The Kier molecular flexibility index (Phi) is 7.75. The molecule has 0 aromatic heterocycles. The molecule has 3 saturated heterocycles. The van der Waals surface area contributed by atoms with Gasteiger partial charge in [-0.15, -0.1) is 0 Å². The molecule has 2 spiro atoms. The van der Waals surface area contributed by atoms with Gasteiger partial charge in [0, 0.05) is 37.8 Å². The molecule has 0 aromatic rings. The van der Waals surface area contributed by atoms with Crippen molar-refractivity contribution < 1.29 is 28.5 Å². The Morgan fingerprint density at radius 3 is 2.35 bits per heavy atom. The lowest BCUT2D eigenvalue weighted by Gasteiger charge is -2.59. The average molecular weight is 641 g/mol. The monoisotopic (exact) mass is 640 g/mol. The van der Waals surface area contributed by atoms with Crippen LogP contribution in [0.15, 0.2) is 0 Å². The molecule has 3 aliphatic heterocycles. The molecule has 8 aliphatic rings. The number of carbonyl (C=O) groups is 2. The first-order valence-corrected chi connectivity index (χ1v) is 19.1. The van der Waals surface area contributed by atoms with E-state index in [2.05, 4.69) is 39.9 Å². The van der Waals surface area contributed by atoms with Gasteiger partial charge in [0.15, 0.2) is 0 Å². The Labute approximate surface area is 276 Å². The first-order valence-electron chi connectivity index (χ1n) is 19.1. The number of fused-ring (bicyclic) bond motifs is 4. The normalized spacial score (nSPS) is 46.4. The third-order valence-electron chi connectivity index (χ3n) is 15.7. The number of likely N-dealkylation sites (tertiary alicyclic amines) is 1. The summed E-state index contributed by atoms with van der Waals surface area (Å²) in [6, 6.07) is 0.170. The second-order valence-corrected chi connectivity index (χ2v) is 18.2. The zero-order chi connectivity index (χ0) is 32.1. The number of amides is 2. The van der Waals surface area contributed by atoms with Gasteiger partial charge in [0.05, 0.1) is 12.2 Å². The summed E-state index contributed by atoms with van der Waals surface area (Å²) in [5, 5.41) is 3.15. The van der Waals surface area contributed by atoms with Crippen LogP contribution >= 0.6 is 0 Å². The molecule has 0 radical (unpaired) electrons. The van der Waals surface area contributed by atoms with Crippen molar-refractivity contribution in [2.45, 2.75) is 149 Å². The molecule has 5 saturated carbocycles. The fourth-order valence-electron chi connectivity index (χ4n) is 13.2. The van der Waals surface area contributed by atoms with Crippen molar-refractivity contribution in [3.63, 3.8) is 0 Å². The highest BCUT2D eigenvalue weighted by molar-refractivity contribution is 5.69. The van der Waals surface area contributed by atoms with Crippen LogP contribution < -0.4 is 5.32 Å². The van der Waals surface area contributed by atoms with Gasteiger partial charge in [0.25, 0.3) is 0 Å². The molecule has 258 valence electrons. The number of nitrogens with zero attached hydrogens (tertiary/aromatic N) is 1. The predicted octanol–water partition coefficient (Wildman–Crippen LogP) is 7.33. The summed E-state index contributed by atoms with van der Waals surface area (Å²) in [6.07, 6.45) is 14.8. The highest BCUT2D eigenvalue weighted by Crippen LogP contribution is 2.87. The van der Waals surface area contributed by atoms with Crippen LogP contribution in [0.1, 0.15) is 118 Å². The summed E-state index contributed by atoms with van der Waals surface area (Å²) in [4.78, 5) is 27.6. The lowest BCUT2D eigenvalue weighted by Crippen LogP contribution is -2.55. The molecule has 5 aliphatic carbocycles. The minimum atomic E-state index is -0.226. The molecule has 8 heteroatoms. The molecule has 11 atom stereocenters. The van der Waals surface area contributed by atoms with Crippen LogP contribution in [0.3, 0.4) is 0 Å². The zero-order valence-corrected chi connectivity index (χ0v) is 29.2. The lowest BCUT2D eigenvalue weighted by atomic mass is 9.46. The van der Waals surface area contributed by atoms with E-state index in [0.717, 1.165) is 57.0 Å². The minimum Gasteiger partial charge on any atom is -0.446 e. The Bertz CT molecular complexity index is 1200. The van der Waals surface area contributed by atoms with Crippen LogP contribution in [-0.4, -0.2) is 73.8 Å². The van der Waals surface area contributed by atoms with Gasteiger partial charge in [-0.1, -0.05) is 34.6 Å². The molecule has 0 aromatic carbocycles. The van der Waals surface area contributed by atoms with Crippen molar-refractivity contribution in [3.8, 4) is 0 Å². The summed E-state index contributed by atoms with van der Waals surface area (Å²) < 4.78 is 24.9. The predicted molar refractivity (Wildman–Crippen MR) is 174 cm³/mol. The van der Waals surface area contributed by atoms with Gasteiger partial charge in [-0.25, -0.2) is 9.59 Å². The molecule has 8 fully saturated rings. The summed E-state index contributed by atoms with van der Waals surface area (Å²) in [6.45, 7) is 14.9. The average Bonchev–Trinajstić information content (AvgIpc) is 3.56. The van der Waals surface area contributed by atoms with E-state index in [4.69, 9.17) is 18.9 Å². The van der Waals surface area contributed by atoms with Crippen LogP contribution in [0.4, 0.5) is 9.59 Å². The van der Waals surface area contributed by atoms with Crippen molar-refractivity contribution in [2.75, 3.05) is 26.3 Å². The molecule has 46 heavy (non-hydrogen) atoms. The molecule has 2 amide bonds. The highest BCUT2D eigenvalue weighted by atomic mass is 16.6. The Morgan fingerprint density at radius 2 is 1.63 bits per heavy atom. The number of rotatable bonds is 5. The third-order valence-corrected chi connectivity index (χ3v) is 15.7. The summed E-state index contributed by atoms with van der Waals surface area (Å²) in [7, 11) is 0. The fourth-order valence-corrected chi connectivity index (χ4v) is 13.2. The molecule has 1 N–H and O–H groups in total. The van der Waals surface area contributed by atoms with Crippen molar-refractivity contribution in [1.29, 1.82) is 0 Å². The topological polar surface area (TPSA) is 86.3 Å². The van der Waals surface area contributed by atoms with Gasteiger partial charge in [0.1, 0.15) is 12.2 Å². The van der Waals surface area contributed by atoms with Crippen LogP contribution in [0, 0.1) is 51.2 Å². The number of nitrogens with one attached hydrogen (secondary N) is 1.